The predicted octanol–water partition coefficient (Wildman–Crippen LogP) is 4.28. The lowest BCUT2D eigenvalue weighted by Gasteiger charge is -2.17. The Labute approximate surface area is 200 Å². The maximum absolute atomic E-state index is 12.8. The summed E-state index contributed by atoms with van der Waals surface area (Å²) in [6.45, 7) is 0. The minimum atomic E-state index is -1.10. The Balaban J connectivity index is 1.56. The molecule has 0 saturated carbocycles. The van der Waals surface area contributed by atoms with Crippen molar-refractivity contribution >= 4 is 40.2 Å². The summed E-state index contributed by atoms with van der Waals surface area (Å²) in [7, 11) is 1.21. The van der Waals surface area contributed by atoms with Gasteiger partial charge in [0.25, 0.3) is 11.7 Å². The van der Waals surface area contributed by atoms with Crippen LogP contribution in [0.15, 0.2) is 72.9 Å². The number of aromatic nitrogens is 1. The molecule has 1 amide bonds. The fraction of sp³-hybridized carbons (Fsp3) is 0.115. The number of amides is 1. The van der Waals surface area contributed by atoms with Crippen LogP contribution < -0.4 is 5.32 Å². The molecule has 8 heteroatoms. The van der Waals surface area contributed by atoms with Gasteiger partial charge in [-0.05, 0) is 41.5 Å². The number of aromatic hydroxyl groups is 1. The fourth-order valence-corrected chi connectivity index (χ4v) is 3.87. The van der Waals surface area contributed by atoms with Crippen LogP contribution >= 0.6 is 11.6 Å². The number of phenols is 1. The molecule has 1 heterocycles. The summed E-state index contributed by atoms with van der Waals surface area (Å²) < 4.78 is 4.84. The summed E-state index contributed by atoms with van der Waals surface area (Å²) in [6, 6.07) is 17.8. The molecule has 4 aromatic rings. The number of Topliss-reactive ketones (excluding diaryl/α,β-unsaturated/α-hetero) is 1. The molecule has 0 aliphatic rings. The molecule has 0 spiro atoms. The number of fused-ring (bicyclic) bond motifs is 1. The summed E-state index contributed by atoms with van der Waals surface area (Å²) in [5.74, 6) is -2.32. The van der Waals surface area contributed by atoms with Gasteiger partial charge in [-0.1, -0.05) is 48.0 Å². The van der Waals surface area contributed by atoms with Crippen LogP contribution in [0, 0.1) is 0 Å². The van der Waals surface area contributed by atoms with Crippen molar-refractivity contribution in [2.24, 2.45) is 0 Å². The van der Waals surface area contributed by atoms with Crippen LogP contribution in [0.5, 0.6) is 5.75 Å². The lowest BCUT2D eigenvalue weighted by atomic mass is 9.98. The number of carbonyl (C=O) groups excluding carboxylic acids is 3. The summed E-state index contributed by atoms with van der Waals surface area (Å²) in [5.41, 5.74) is 2.86. The molecule has 1 aromatic heterocycles. The number of para-hydroxylation sites is 1. The quantitative estimate of drug-likeness (QED) is 0.209. The van der Waals surface area contributed by atoms with Gasteiger partial charge in [-0.2, -0.15) is 0 Å². The van der Waals surface area contributed by atoms with Gasteiger partial charge < -0.3 is 20.1 Å². The number of benzene rings is 3. The van der Waals surface area contributed by atoms with Crippen molar-refractivity contribution in [3.05, 3.63) is 89.1 Å². The Morgan fingerprint density at radius 2 is 1.79 bits per heavy atom. The van der Waals surface area contributed by atoms with E-state index in [1.54, 1.807) is 54.6 Å². The second-order valence-electron chi connectivity index (χ2n) is 7.69. The Bertz CT molecular complexity index is 1380. The number of carbonyl (C=O) groups is 3. The number of ether oxygens (including phenoxy) is 1. The van der Waals surface area contributed by atoms with E-state index in [0.717, 1.165) is 11.1 Å². The number of ketones is 1. The maximum Gasteiger partial charge on any atom is 0.328 e. The SMILES string of the molecule is COC(=O)[C@H](Cc1ccc(O)c(-c2ccc(Cl)cc2)c1)NC(=O)C(=O)c1c[nH]c2ccccc12. The molecule has 0 saturated heterocycles. The molecule has 34 heavy (non-hydrogen) atoms. The number of rotatable bonds is 7. The molecule has 0 fully saturated rings. The van der Waals surface area contributed by atoms with E-state index in [0.29, 0.717) is 21.5 Å². The number of hydrogen-bond acceptors (Lipinski definition) is 5. The van der Waals surface area contributed by atoms with Gasteiger partial charge in [-0.15, -0.1) is 0 Å². The van der Waals surface area contributed by atoms with Gasteiger partial charge in [0.1, 0.15) is 11.8 Å². The molecule has 3 aromatic carbocycles. The topological polar surface area (TPSA) is 108 Å². The lowest BCUT2D eigenvalue weighted by Crippen LogP contribution is -2.45. The molecule has 1 atom stereocenters. The summed E-state index contributed by atoms with van der Waals surface area (Å²) in [6.07, 6.45) is 1.53. The number of methoxy groups -OCH3 is 1. The Morgan fingerprint density at radius 1 is 1.06 bits per heavy atom. The second kappa shape index (κ2) is 9.80. The summed E-state index contributed by atoms with van der Waals surface area (Å²) in [4.78, 5) is 40.9. The number of phenolic OH excluding ortho intramolecular Hbond substituents is 1. The van der Waals surface area contributed by atoms with Gasteiger partial charge in [0, 0.05) is 34.1 Å². The van der Waals surface area contributed by atoms with Gasteiger partial charge in [0.05, 0.1) is 12.7 Å². The summed E-state index contributed by atoms with van der Waals surface area (Å²) in [5, 5.41) is 14.0. The molecular weight excluding hydrogens is 456 g/mol. The minimum Gasteiger partial charge on any atom is -0.507 e. The Morgan fingerprint density at radius 3 is 2.53 bits per heavy atom. The van der Waals surface area contributed by atoms with Crippen LogP contribution in [0.25, 0.3) is 22.0 Å². The number of H-pyrrole nitrogens is 1. The van der Waals surface area contributed by atoms with E-state index in [1.165, 1.54) is 19.4 Å². The van der Waals surface area contributed by atoms with Gasteiger partial charge in [0.15, 0.2) is 0 Å². The number of hydrogen-bond donors (Lipinski definition) is 3. The first-order valence-electron chi connectivity index (χ1n) is 10.4. The van der Waals surface area contributed by atoms with Crippen molar-refractivity contribution in [1.82, 2.24) is 10.3 Å². The molecule has 0 aliphatic heterocycles. The fourth-order valence-electron chi connectivity index (χ4n) is 3.75. The highest BCUT2D eigenvalue weighted by atomic mass is 35.5. The number of esters is 1. The molecular formula is C26H21ClN2O5. The highest BCUT2D eigenvalue weighted by Gasteiger charge is 2.27. The minimum absolute atomic E-state index is 0.0549. The van der Waals surface area contributed by atoms with Gasteiger partial charge >= 0.3 is 5.97 Å². The zero-order valence-electron chi connectivity index (χ0n) is 18.2. The van der Waals surface area contributed by atoms with Gasteiger partial charge in [0.2, 0.25) is 0 Å². The van der Waals surface area contributed by atoms with Crippen LogP contribution in [0.2, 0.25) is 5.02 Å². The van der Waals surface area contributed by atoms with Crippen molar-refractivity contribution in [2.75, 3.05) is 7.11 Å². The Kier molecular flexibility index (Phi) is 6.65. The van der Waals surface area contributed by atoms with Crippen molar-refractivity contribution in [3.63, 3.8) is 0 Å². The normalized spacial score (nSPS) is 11.7. The lowest BCUT2D eigenvalue weighted by molar-refractivity contribution is -0.144. The molecule has 0 bridgehead atoms. The molecule has 3 N–H and O–H groups in total. The molecule has 0 aliphatic carbocycles. The number of halogens is 1. The standard InChI is InChI=1S/C26H21ClN2O5/c1-34-26(33)22(29-25(32)24(31)20-14-28-21-5-3-2-4-18(20)21)13-15-6-11-23(30)19(12-15)16-7-9-17(27)10-8-16/h2-12,14,22,28,30H,13H2,1H3,(H,29,32)/t22-/m0/s1. The Hall–Kier alpha value is -4.10. The van der Waals surface area contributed by atoms with E-state index in [4.69, 9.17) is 16.3 Å². The molecule has 4 rings (SSSR count). The van der Waals surface area contributed by atoms with Crippen LogP contribution in [0.4, 0.5) is 0 Å². The van der Waals surface area contributed by atoms with Crippen LogP contribution in [0.3, 0.4) is 0 Å². The first kappa shape index (κ1) is 23.1. The third-order valence-electron chi connectivity index (χ3n) is 5.49. The van der Waals surface area contributed by atoms with E-state index >= 15 is 0 Å². The number of nitrogens with one attached hydrogen (secondary N) is 2. The zero-order valence-corrected chi connectivity index (χ0v) is 18.9. The molecule has 0 radical (unpaired) electrons. The van der Waals surface area contributed by atoms with Crippen LogP contribution in [-0.4, -0.2) is 40.9 Å². The maximum atomic E-state index is 12.8. The monoisotopic (exact) mass is 476 g/mol. The van der Waals surface area contributed by atoms with E-state index in [-0.39, 0.29) is 17.7 Å². The highest BCUT2D eigenvalue weighted by Crippen LogP contribution is 2.31. The summed E-state index contributed by atoms with van der Waals surface area (Å²) >= 11 is 5.95. The van der Waals surface area contributed by atoms with E-state index in [9.17, 15) is 19.5 Å². The number of aromatic amines is 1. The second-order valence-corrected chi connectivity index (χ2v) is 8.13. The molecule has 172 valence electrons. The van der Waals surface area contributed by atoms with Gasteiger partial charge in [-0.3, -0.25) is 9.59 Å². The van der Waals surface area contributed by atoms with Crippen LogP contribution in [-0.2, 0) is 20.7 Å². The van der Waals surface area contributed by atoms with Gasteiger partial charge in [-0.25, -0.2) is 4.79 Å². The van der Waals surface area contributed by atoms with Crippen molar-refractivity contribution < 1.29 is 24.2 Å². The van der Waals surface area contributed by atoms with Crippen molar-refractivity contribution in [3.8, 4) is 16.9 Å². The van der Waals surface area contributed by atoms with E-state index in [1.807, 2.05) is 6.07 Å². The predicted molar refractivity (Wildman–Crippen MR) is 129 cm³/mol. The van der Waals surface area contributed by atoms with E-state index in [2.05, 4.69) is 10.3 Å². The third kappa shape index (κ3) is 4.79. The zero-order chi connectivity index (χ0) is 24.2. The highest BCUT2D eigenvalue weighted by molar-refractivity contribution is 6.45. The average molecular weight is 477 g/mol. The molecule has 7 nitrogen and oxygen atoms in total. The first-order chi connectivity index (χ1) is 16.4. The molecule has 0 unspecified atom stereocenters. The first-order valence-corrected chi connectivity index (χ1v) is 10.8. The smallest absolute Gasteiger partial charge is 0.328 e. The van der Waals surface area contributed by atoms with Crippen molar-refractivity contribution in [1.29, 1.82) is 0 Å². The largest absolute Gasteiger partial charge is 0.507 e. The van der Waals surface area contributed by atoms with Crippen molar-refractivity contribution in [2.45, 2.75) is 12.5 Å². The van der Waals surface area contributed by atoms with E-state index < -0.39 is 23.7 Å². The third-order valence-corrected chi connectivity index (χ3v) is 5.74. The van der Waals surface area contributed by atoms with Crippen LogP contribution in [0.1, 0.15) is 15.9 Å². The average Bonchev–Trinajstić information content (AvgIpc) is 3.28.